The lowest BCUT2D eigenvalue weighted by Gasteiger charge is -2.29. The molecule has 0 radical (unpaired) electrons. The molecule has 0 heterocycles. The van der Waals surface area contributed by atoms with E-state index in [0.717, 1.165) is 0 Å². The largest absolute Gasteiger partial charge is 0.481 e. The highest BCUT2D eigenvalue weighted by Gasteiger charge is 2.38. The van der Waals surface area contributed by atoms with Crippen molar-refractivity contribution in [1.82, 2.24) is 0 Å². The summed E-state index contributed by atoms with van der Waals surface area (Å²) in [4.78, 5) is 11.3. The van der Waals surface area contributed by atoms with Crippen LogP contribution in [0.25, 0.3) is 0 Å². The Hall–Kier alpha value is -0.620. The Morgan fingerprint density at radius 2 is 1.94 bits per heavy atom. The Morgan fingerprint density at radius 1 is 1.41 bits per heavy atom. The smallest absolute Gasteiger partial charge is 0.310 e. The van der Waals surface area contributed by atoms with Crippen LogP contribution >= 0.6 is 0 Å². The van der Waals surface area contributed by atoms with Crippen molar-refractivity contribution in [3.8, 4) is 0 Å². The van der Waals surface area contributed by atoms with E-state index in [2.05, 4.69) is 0 Å². The van der Waals surface area contributed by atoms with Gasteiger partial charge in [0.05, 0.1) is 11.2 Å². The van der Waals surface area contributed by atoms with Gasteiger partial charge in [0.15, 0.2) is 0 Å². The third-order valence-corrected chi connectivity index (χ3v) is 4.68. The van der Waals surface area contributed by atoms with E-state index in [-0.39, 0.29) is 30.4 Å². The van der Waals surface area contributed by atoms with Gasteiger partial charge in [0.2, 0.25) is 0 Å². The average Bonchev–Trinajstić information content (AvgIpc) is 2.23. The van der Waals surface area contributed by atoms with Crippen LogP contribution in [-0.4, -0.2) is 37.5 Å². The fourth-order valence-electron chi connectivity index (χ4n) is 1.85. The zero-order valence-electron chi connectivity index (χ0n) is 10.8. The molecule has 6 heteroatoms. The molecule has 102 valence electrons. The molecule has 0 aromatic heterocycles. The van der Waals surface area contributed by atoms with Gasteiger partial charge >= 0.3 is 5.97 Å². The number of nitrogens with two attached hydrogens (primary N) is 1. The van der Waals surface area contributed by atoms with Crippen LogP contribution in [0.15, 0.2) is 0 Å². The lowest BCUT2D eigenvalue weighted by molar-refractivity contribution is -0.149. The van der Waals surface area contributed by atoms with Crippen molar-refractivity contribution in [2.45, 2.75) is 33.6 Å². The number of rotatable bonds is 8. The molecule has 17 heavy (non-hydrogen) atoms. The molecule has 0 fully saturated rings. The van der Waals surface area contributed by atoms with Gasteiger partial charge in [0, 0.05) is 12.3 Å². The number of carbonyl (C=O) groups is 1. The second kappa shape index (κ2) is 6.35. The third kappa shape index (κ3) is 5.04. The summed E-state index contributed by atoms with van der Waals surface area (Å²) in [6, 6.07) is 0. The third-order valence-electron chi connectivity index (χ3n) is 2.97. The summed E-state index contributed by atoms with van der Waals surface area (Å²) in [5.74, 6) is -0.909. The number of carboxylic acids is 1. The molecule has 0 bridgehead atoms. The number of hydrogen-bond acceptors (Lipinski definition) is 4. The molecule has 0 saturated heterocycles. The predicted molar refractivity (Wildman–Crippen MR) is 67.5 cm³/mol. The first-order valence-electron chi connectivity index (χ1n) is 5.83. The zero-order chi connectivity index (χ0) is 13.7. The fraction of sp³-hybridized carbons (Fsp3) is 0.909. The monoisotopic (exact) mass is 265 g/mol. The second-order valence-corrected chi connectivity index (χ2v) is 7.35. The summed E-state index contributed by atoms with van der Waals surface area (Å²) < 4.78 is 22.9. The van der Waals surface area contributed by atoms with Crippen molar-refractivity contribution in [2.75, 3.05) is 18.1 Å². The van der Waals surface area contributed by atoms with Gasteiger partial charge in [0.1, 0.15) is 9.84 Å². The first-order chi connectivity index (χ1) is 7.69. The fourth-order valence-corrected chi connectivity index (χ4v) is 2.84. The van der Waals surface area contributed by atoms with E-state index in [1.807, 2.05) is 13.8 Å². The molecular formula is C11H23NO4S. The summed E-state index contributed by atoms with van der Waals surface area (Å²) >= 11 is 0. The van der Waals surface area contributed by atoms with Crippen LogP contribution in [0.4, 0.5) is 0 Å². The normalized spacial score (nSPS) is 15.8. The molecule has 0 rings (SSSR count). The number of carboxylic acid groups (broad SMARTS) is 1. The van der Waals surface area contributed by atoms with Gasteiger partial charge in [-0.25, -0.2) is 8.42 Å². The molecule has 0 aromatic rings. The average molecular weight is 265 g/mol. The van der Waals surface area contributed by atoms with Crippen LogP contribution in [0.1, 0.15) is 33.6 Å². The Bertz CT molecular complexity index is 350. The summed E-state index contributed by atoms with van der Waals surface area (Å²) in [5, 5.41) is 9.27. The lowest BCUT2D eigenvalue weighted by atomic mass is 9.78. The van der Waals surface area contributed by atoms with Crippen molar-refractivity contribution in [2.24, 2.45) is 17.1 Å². The highest BCUT2D eigenvalue weighted by Crippen LogP contribution is 2.30. The van der Waals surface area contributed by atoms with Crippen molar-refractivity contribution < 1.29 is 18.3 Å². The van der Waals surface area contributed by atoms with Crippen molar-refractivity contribution >= 4 is 15.8 Å². The molecule has 0 amide bonds. The standard InChI is InChI=1S/C11H23NO4S/c1-4-17(15,16)6-5-11(8-12,10(13)14)7-9(2)3/h9H,4-8,12H2,1-3H3,(H,13,14). The van der Waals surface area contributed by atoms with Crippen molar-refractivity contribution in [3.63, 3.8) is 0 Å². The predicted octanol–water partition coefficient (Wildman–Crippen LogP) is 0.887. The molecule has 0 aliphatic heterocycles. The molecule has 0 aliphatic carbocycles. The van der Waals surface area contributed by atoms with Gasteiger partial charge < -0.3 is 10.8 Å². The van der Waals surface area contributed by atoms with Crippen LogP contribution in [0, 0.1) is 11.3 Å². The SMILES string of the molecule is CCS(=O)(=O)CCC(CN)(CC(C)C)C(=O)O. The topological polar surface area (TPSA) is 97.5 Å². The molecule has 0 aromatic carbocycles. The van der Waals surface area contributed by atoms with Crippen LogP contribution in [0.5, 0.6) is 0 Å². The van der Waals surface area contributed by atoms with Crippen molar-refractivity contribution in [3.05, 3.63) is 0 Å². The van der Waals surface area contributed by atoms with Gasteiger partial charge in [-0.3, -0.25) is 4.79 Å². The molecule has 1 unspecified atom stereocenters. The second-order valence-electron chi connectivity index (χ2n) is 4.87. The maximum atomic E-state index is 11.4. The van der Waals surface area contributed by atoms with Gasteiger partial charge in [-0.1, -0.05) is 20.8 Å². The van der Waals surface area contributed by atoms with Crippen LogP contribution in [0.3, 0.4) is 0 Å². The van der Waals surface area contributed by atoms with Crippen LogP contribution in [0.2, 0.25) is 0 Å². The molecule has 3 N–H and O–H groups in total. The highest BCUT2D eigenvalue weighted by atomic mass is 32.2. The molecule has 5 nitrogen and oxygen atoms in total. The number of sulfone groups is 1. The van der Waals surface area contributed by atoms with Gasteiger partial charge in [-0.15, -0.1) is 0 Å². The van der Waals surface area contributed by atoms with E-state index in [0.29, 0.717) is 6.42 Å². The Morgan fingerprint density at radius 3 is 2.24 bits per heavy atom. The first kappa shape index (κ1) is 16.4. The highest BCUT2D eigenvalue weighted by molar-refractivity contribution is 7.91. The van der Waals surface area contributed by atoms with E-state index in [9.17, 15) is 18.3 Å². The summed E-state index contributed by atoms with van der Waals surface area (Å²) in [6.45, 7) is 5.34. The summed E-state index contributed by atoms with van der Waals surface area (Å²) in [5.41, 5.74) is 4.44. The quantitative estimate of drug-likeness (QED) is 0.679. The van der Waals surface area contributed by atoms with Gasteiger partial charge in [0.25, 0.3) is 0 Å². The van der Waals surface area contributed by atoms with E-state index in [1.54, 1.807) is 6.92 Å². The van der Waals surface area contributed by atoms with Gasteiger partial charge in [-0.05, 0) is 18.8 Å². The summed E-state index contributed by atoms with van der Waals surface area (Å²) in [6.07, 6.45) is 0.491. The van der Waals surface area contributed by atoms with E-state index in [4.69, 9.17) is 5.73 Å². The minimum atomic E-state index is -3.15. The van der Waals surface area contributed by atoms with Crippen LogP contribution in [-0.2, 0) is 14.6 Å². The first-order valence-corrected chi connectivity index (χ1v) is 7.65. The van der Waals surface area contributed by atoms with Gasteiger partial charge in [-0.2, -0.15) is 0 Å². The van der Waals surface area contributed by atoms with E-state index >= 15 is 0 Å². The lowest BCUT2D eigenvalue weighted by Crippen LogP contribution is -2.41. The Kier molecular flexibility index (Phi) is 6.12. The zero-order valence-corrected chi connectivity index (χ0v) is 11.6. The number of hydrogen-bond donors (Lipinski definition) is 2. The minimum absolute atomic E-state index is 0.0280. The molecule has 0 spiro atoms. The Labute approximate surface area is 103 Å². The summed E-state index contributed by atoms with van der Waals surface area (Å²) in [7, 11) is -3.15. The molecule has 0 aliphatic rings. The number of aliphatic carboxylic acids is 1. The van der Waals surface area contributed by atoms with E-state index < -0.39 is 21.2 Å². The molecule has 0 saturated carbocycles. The molecular weight excluding hydrogens is 242 g/mol. The Balaban J connectivity index is 4.88. The van der Waals surface area contributed by atoms with E-state index in [1.165, 1.54) is 0 Å². The van der Waals surface area contributed by atoms with Crippen LogP contribution < -0.4 is 5.73 Å². The molecule has 1 atom stereocenters. The minimum Gasteiger partial charge on any atom is -0.481 e. The van der Waals surface area contributed by atoms with Crippen molar-refractivity contribution in [1.29, 1.82) is 0 Å². The maximum absolute atomic E-state index is 11.4. The maximum Gasteiger partial charge on any atom is 0.310 e.